The summed E-state index contributed by atoms with van der Waals surface area (Å²) in [6.07, 6.45) is 1.97. The molecule has 4 aromatic rings. The fraction of sp³-hybridized carbons (Fsp3) is 0.111. The molecule has 0 saturated carbocycles. The molecule has 0 saturated heterocycles. The molecule has 5 rings (SSSR count). The molecule has 1 amide bonds. The van der Waals surface area contributed by atoms with Gasteiger partial charge in [0, 0.05) is 18.8 Å². The third kappa shape index (κ3) is 3.03. The molecule has 1 unspecified atom stereocenters. The minimum Gasteiger partial charge on any atom is -0.345 e. The molecule has 3 aromatic carbocycles. The molecular weight excluding hydrogens is 396 g/mol. The van der Waals surface area contributed by atoms with Gasteiger partial charge in [-0.1, -0.05) is 84.9 Å². The van der Waals surface area contributed by atoms with E-state index in [9.17, 15) is 4.79 Å². The van der Waals surface area contributed by atoms with E-state index in [2.05, 4.69) is 101 Å². The van der Waals surface area contributed by atoms with E-state index in [1.54, 1.807) is 6.92 Å². The summed E-state index contributed by atoms with van der Waals surface area (Å²) in [5.74, 6) is -0.0417. The molecule has 3 nitrogen and oxygen atoms in total. The highest BCUT2D eigenvalue weighted by Crippen LogP contribution is 2.28. The standard InChI is InChI=1S/C27H24N2OSi/c1-19-17-26-24(18-28-19)27(29-20(2)30)23-15-9-10-16-25(23)31(26,21-11-5-3-6-12-21)22-13-7-4-8-14-22/h3-18,27H,1-2H3,(H,29,30). The zero-order valence-corrected chi connectivity index (χ0v) is 18.7. The number of hydrogen-bond acceptors (Lipinski definition) is 2. The van der Waals surface area contributed by atoms with Gasteiger partial charge in [0.1, 0.15) is 0 Å². The molecule has 0 aliphatic carbocycles. The van der Waals surface area contributed by atoms with Crippen molar-refractivity contribution in [1.29, 1.82) is 0 Å². The lowest BCUT2D eigenvalue weighted by atomic mass is 9.98. The fourth-order valence-corrected chi connectivity index (χ4v) is 10.4. The van der Waals surface area contributed by atoms with Crippen LogP contribution in [0.1, 0.15) is 29.8 Å². The second kappa shape index (κ2) is 7.64. The number of benzene rings is 3. The van der Waals surface area contributed by atoms with Crippen LogP contribution in [0.15, 0.2) is 97.2 Å². The van der Waals surface area contributed by atoms with Crippen molar-refractivity contribution in [2.75, 3.05) is 0 Å². The average Bonchev–Trinajstić information content (AvgIpc) is 2.80. The molecule has 1 atom stereocenters. The number of carbonyl (C=O) groups is 1. The normalized spacial score (nSPS) is 16.1. The van der Waals surface area contributed by atoms with Crippen molar-refractivity contribution in [1.82, 2.24) is 10.3 Å². The summed E-state index contributed by atoms with van der Waals surface area (Å²) in [4.78, 5) is 16.8. The van der Waals surface area contributed by atoms with Crippen LogP contribution in [0, 0.1) is 6.92 Å². The predicted molar refractivity (Wildman–Crippen MR) is 128 cm³/mol. The van der Waals surface area contributed by atoms with E-state index in [0.717, 1.165) is 16.8 Å². The number of fused-ring (bicyclic) bond motifs is 2. The second-order valence-corrected chi connectivity index (χ2v) is 11.8. The highest BCUT2D eigenvalue weighted by molar-refractivity contribution is 7.20. The lowest BCUT2D eigenvalue weighted by Gasteiger charge is -2.43. The van der Waals surface area contributed by atoms with Crippen LogP contribution in [0.2, 0.25) is 0 Å². The van der Waals surface area contributed by atoms with Crippen molar-refractivity contribution in [2.45, 2.75) is 19.9 Å². The largest absolute Gasteiger partial charge is 0.345 e. The highest BCUT2D eigenvalue weighted by atomic mass is 28.3. The molecule has 0 spiro atoms. The van der Waals surface area contributed by atoms with E-state index in [4.69, 9.17) is 0 Å². The van der Waals surface area contributed by atoms with Crippen molar-refractivity contribution in [3.8, 4) is 0 Å². The first-order chi connectivity index (χ1) is 15.1. The smallest absolute Gasteiger partial charge is 0.217 e. The van der Waals surface area contributed by atoms with Gasteiger partial charge in [0.15, 0.2) is 8.07 Å². The molecule has 0 fully saturated rings. The molecular formula is C27H24N2OSi. The average molecular weight is 421 g/mol. The maximum absolute atomic E-state index is 12.2. The van der Waals surface area contributed by atoms with Crippen LogP contribution in [-0.4, -0.2) is 19.0 Å². The summed E-state index contributed by atoms with van der Waals surface area (Å²) in [6.45, 7) is 3.63. The van der Waals surface area contributed by atoms with Gasteiger partial charge in [-0.25, -0.2) is 0 Å². The minimum absolute atomic E-state index is 0.0417. The van der Waals surface area contributed by atoms with Crippen LogP contribution in [-0.2, 0) is 4.79 Å². The quantitative estimate of drug-likeness (QED) is 0.517. The number of nitrogens with zero attached hydrogens (tertiary/aromatic N) is 1. The van der Waals surface area contributed by atoms with E-state index >= 15 is 0 Å². The number of pyridine rings is 1. The van der Waals surface area contributed by atoms with Crippen LogP contribution in [0.5, 0.6) is 0 Å². The van der Waals surface area contributed by atoms with Gasteiger partial charge in [0.2, 0.25) is 5.91 Å². The maximum atomic E-state index is 12.2. The van der Waals surface area contributed by atoms with E-state index in [0.29, 0.717) is 0 Å². The number of aryl methyl sites for hydroxylation is 1. The van der Waals surface area contributed by atoms with Crippen LogP contribution in [0.25, 0.3) is 0 Å². The lowest BCUT2D eigenvalue weighted by molar-refractivity contribution is -0.119. The van der Waals surface area contributed by atoms with Gasteiger partial charge in [-0.2, -0.15) is 0 Å². The van der Waals surface area contributed by atoms with Crippen LogP contribution in [0.3, 0.4) is 0 Å². The van der Waals surface area contributed by atoms with Crippen molar-refractivity contribution < 1.29 is 4.79 Å². The third-order valence-corrected chi connectivity index (χ3v) is 11.1. The number of nitrogens with one attached hydrogen (secondary N) is 1. The van der Waals surface area contributed by atoms with Crippen LogP contribution in [0.4, 0.5) is 0 Å². The molecule has 0 bridgehead atoms. The molecule has 1 aliphatic rings. The second-order valence-electron chi connectivity index (χ2n) is 8.12. The fourth-order valence-electron chi connectivity index (χ4n) is 5.05. The maximum Gasteiger partial charge on any atom is 0.217 e. The first-order valence-electron chi connectivity index (χ1n) is 10.6. The monoisotopic (exact) mass is 420 g/mol. The molecule has 152 valence electrons. The highest BCUT2D eigenvalue weighted by Gasteiger charge is 2.49. The Labute approximate surface area is 183 Å². The summed E-state index contributed by atoms with van der Waals surface area (Å²) in [5, 5.41) is 8.49. The number of hydrogen-bond donors (Lipinski definition) is 1. The van der Waals surface area contributed by atoms with E-state index < -0.39 is 8.07 Å². The summed E-state index contributed by atoms with van der Waals surface area (Å²) in [6, 6.07) is 32.3. The lowest BCUT2D eigenvalue weighted by Crippen LogP contribution is -2.78. The zero-order valence-electron chi connectivity index (χ0n) is 17.7. The molecule has 1 aliphatic heterocycles. The van der Waals surface area contributed by atoms with Gasteiger partial charge < -0.3 is 5.32 Å². The number of rotatable bonds is 3. The first kappa shape index (κ1) is 19.5. The Hall–Kier alpha value is -3.50. The van der Waals surface area contributed by atoms with Gasteiger partial charge in [0.05, 0.1) is 6.04 Å². The summed E-state index contributed by atoms with van der Waals surface area (Å²) < 4.78 is 0. The summed E-state index contributed by atoms with van der Waals surface area (Å²) in [5.41, 5.74) is 3.25. The van der Waals surface area contributed by atoms with Crippen molar-refractivity contribution in [3.05, 3.63) is 114 Å². The Morgan fingerprint density at radius 3 is 2.00 bits per heavy atom. The van der Waals surface area contributed by atoms with Crippen molar-refractivity contribution in [2.24, 2.45) is 0 Å². The Bertz CT molecular complexity index is 1220. The summed E-state index contributed by atoms with van der Waals surface area (Å²) >= 11 is 0. The SMILES string of the molecule is CC(=O)NC1c2ccccc2[Si](c2ccccc2)(c2ccccc2)c2cc(C)ncc21. The van der Waals surface area contributed by atoms with Crippen LogP contribution >= 0.6 is 0 Å². The molecule has 0 radical (unpaired) electrons. The minimum atomic E-state index is -2.59. The van der Waals surface area contributed by atoms with Gasteiger partial charge in [-0.15, -0.1) is 0 Å². The summed E-state index contributed by atoms with van der Waals surface area (Å²) in [7, 11) is -2.59. The van der Waals surface area contributed by atoms with Gasteiger partial charge in [-0.3, -0.25) is 9.78 Å². The first-order valence-corrected chi connectivity index (χ1v) is 12.6. The zero-order chi connectivity index (χ0) is 21.4. The van der Waals surface area contributed by atoms with Gasteiger partial charge in [0.25, 0.3) is 0 Å². The third-order valence-electron chi connectivity index (χ3n) is 6.22. The predicted octanol–water partition coefficient (Wildman–Crippen LogP) is 2.31. The molecule has 2 heterocycles. The van der Waals surface area contributed by atoms with E-state index in [1.165, 1.54) is 20.7 Å². The Balaban J connectivity index is 1.96. The Morgan fingerprint density at radius 1 is 0.806 bits per heavy atom. The molecule has 1 N–H and O–H groups in total. The number of aromatic nitrogens is 1. The molecule has 31 heavy (non-hydrogen) atoms. The van der Waals surface area contributed by atoms with Crippen molar-refractivity contribution >= 4 is 34.7 Å². The molecule has 1 aromatic heterocycles. The topological polar surface area (TPSA) is 42.0 Å². The number of carbonyl (C=O) groups excluding carboxylic acids is 1. The Kier molecular flexibility index (Phi) is 4.79. The Morgan fingerprint density at radius 2 is 1.39 bits per heavy atom. The van der Waals surface area contributed by atoms with Gasteiger partial charge >= 0.3 is 0 Å². The molecule has 4 heteroatoms. The van der Waals surface area contributed by atoms with E-state index in [-0.39, 0.29) is 11.9 Å². The van der Waals surface area contributed by atoms with Gasteiger partial charge in [-0.05, 0) is 44.9 Å². The number of amides is 1. The van der Waals surface area contributed by atoms with Crippen LogP contribution < -0.4 is 26.1 Å². The van der Waals surface area contributed by atoms with Crippen molar-refractivity contribution in [3.63, 3.8) is 0 Å². The van der Waals surface area contributed by atoms with E-state index in [1.807, 2.05) is 13.1 Å².